The maximum absolute atomic E-state index is 5.75. The van der Waals surface area contributed by atoms with Gasteiger partial charge < -0.3 is 12.7 Å². The zero-order chi connectivity index (χ0) is 4.71. The molecule has 0 saturated heterocycles. The molecular formula is C4H11NY-2. The van der Waals surface area contributed by atoms with Gasteiger partial charge in [-0.2, -0.15) is 13.5 Å². The van der Waals surface area contributed by atoms with Crippen LogP contribution in [0.25, 0.3) is 5.73 Å². The molecule has 1 radical (unpaired) electrons. The molecule has 1 N–H and O–H groups in total. The van der Waals surface area contributed by atoms with E-state index < -0.39 is 0 Å². The molecule has 6 heavy (non-hydrogen) atoms. The molecule has 0 unspecified atom stereocenters. The van der Waals surface area contributed by atoms with Gasteiger partial charge in [0.25, 0.3) is 0 Å². The third kappa shape index (κ3) is 73.9. The van der Waals surface area contributed by atoms with Gasteiger partial charge in [-0.05, 0) is 0 Å². The molecule has 0 aliphatic heterocycles. The molecule has 37 valence electrons. The van der Waals surface area contributed by atoms with E-state index in [1.165, 1.54) is 7.05 Å². The molecule has 0 bridgehead atoms. The smallest absolute Gasteiger partial charge is 0 e. The predicted molar refractivity (Wildman–Crippen MR) is 25.9 cm³/mol. The third-order valence-electron chi connectivity index (χ3n) is 0. The van der Waals surface area contributed by atoms with E-state index in [4.69, 9.17) is 5.73 Å². The van der Waals surface area contributed by atoms with Gasteiger partial charge in [-0.3, -0.25) is 0 Å². The summed E-state index contributed by atoms with van der Waals surface area (Å²) in [5.74, 6) is 0. The van der Waals surface area contributed by atoms with Crippen LogP contribution >= 0.6 is 0 Å². The van der Waals surface area contributed by atoms with E-state index >= 15 is 0 Å². The first-order valence-electron chi connectivity index (χ1n) is 1.71. The summed E-state index contributed by atoms with van der Waals surface area (Å²) < 4.78 is 0. The molecule has 0 rings (SSSR count). The van der Waals surface area contributed by atoms with Gasteiger partial charge in [0.2, 0.25) is 0 Å². The minimum Gasteiger partial charge on any atom is -0.680 e. The minimum atomic E-state index is 0. The standard InChI is InChI=1S/C3H7.CH4N.Y/c1-3-2;1-2;/h1,3H2,2H3;2H,1H3;/q2*-1;. The molecular weight excluding hydrogens is 151 g/mol. The summed E-state index contributed by atoms with van der Waals surface area (Å²) in [6, 6.07) is 0. The van der Waals surface area contributed by atoms with E-state index in [9.17, 15) is 0 Å². The summed E-state index contributed by atoms with van der Waals surface area (Å²) in [5, 5.41) is 0. The maximum Gasteiger partial charge on any atom is 0 e. The Kier molecular flexibility index (Phi) is 95.7. The summed E-state index contributed by atoms with van der Waals surface area (Å²) in [6.45, 7) is 5.50. The van der Waals surface area contributed by atoms with E-state index in [1.807, 2.05) is 6.92 Å². The van der Waals surface area contributed by atoms with Crippen molar-refractivity contribution in [2.45, 2.75) is 13.3 Å². The van der Waals surface area contributed by atoms with E-state index in [0.29, 0.717) is 0 Å². The Bertz CT molecular complexity index is 7.51. The molecule has 0 saturated carbocycles. The number of hydrogen-bond donors (Lipinski definition) is 0. The summed E-state index contributed by atoms with van der Waals surface area (Å²) in [4.78, 5) is 0. The van der Waals surface area contributed by atoms with E-state index in [0.717, 1.165) is 6.42 Å². The Balaban J connectivity index is -0.0000000275. The third-order valence-corrected chi connectivity index (χ3v) is 0. The molecule has 2 heteroatoms. The molecule has 0 aliphatic rings. The van der Waals surface area contributed by atoms with Gasteiger partial charge in [-0.1, -0.05) is 6.92 Å². The first kappa shape index (κ1) is 15.7. The van der Waals surface area contributed by atoms with Crippen molar-refractivity contribution >= 4 is 0 Å². The van der Waals surface area contributed by atoms with E-state index in [2.05, 4.69) is 6.92 Å². The van der Waals surface area contributed by atoms with Gasteiger partial charge in [0.15, 0.2) is 0 Å². The van der Waals surface area contributed by atoms with Crippen LogP contribution in [0.2, 0.25) is 0 Å². The van der Waals surface area contributed by atoms with Crippen molar-refractivity contribution < 1.29 is 32.7 Å². The average Bonchev–Trinajstić information content (AvgIpc) is 1.46. The molecule has 0 aromatic rings. The Morgan fingerprint density at radius 3 is 1.50 bits per heavy atom. The Labute approximate surface area is 65.6 Å². The second-order valence-corrected chi connectivity index (χ2v) is 0.500. The van der Waals surface area contributed by atoms with Crippen molar-refractivity contribution in [2.75, 3.05) is 7.05 Å². The van der Waals surface area contributed by atoms with Crippen LogP contribution in [0.1, 0.15) is 13.3 Å². The van der Waals surface area contributed by atoms with Gasteiger partial charge in [0.05, 0.1) is 0 Å². The van der Waals surface area contributed by atoms with Crippen LogP contribution in [0, 0.1) is 6.92 Å². The Morgan fingerprint density at radius 1 is 1.50 bits per heavy atom. The Hall–Kier alpha value is 1.06. The molecule has 0 heterocycles. The van der Waals surface area contributed by atoms with Crippen molar-refractivity contribution in [1.82, 2.24) is 0 Å². The topological polar surface area (TPSA) is 23.8 Å². The van der Waals surface area contributed by atoms with Crippen LogP contribution in [0.3, 0.4) is 0 Å². The molecule has 0 aromatic carbocycles. The van der Waals surface area contributed by atoms with Crippen LogP contribution in [0.15, 0.2) is 0 Å². The summed E-state index contributed by atoms with van der Waals surface area (Å²) in [6.07, 6.45) is 1.00. The van der Waals surface area contributed by atoms with Crippen LogP contribution < -0.4 is 0 Å². The molecule has 0 amide bonds. The van der Waals surface area contributed by atoms with Crippen LogP contribution in [0.4, 0.5) is 0 Å². The fourth-order valence-corrected chi connectivity index (χ4v) is 0. The number of rotatable bonds is 0. The second kappa shape index (κ2) is 36.5. The minimum absolute atomic E-state index is 0. The Morgan fingerprint density at radius 2 is 1.50 bits per heavy atom. The number of nitrogens with one attached hydrogen (secondary N) is 1. The van der Waals surface area contributed by atoms with Crippen LogP contribution in [-0.4, -0.2) is 7.05 Å². The van der Waals surface area contributed by atoms with Gasteiger partial charge in [-0.15, -0.1) is 0 Å². The van der Waals surface area contributed by atoms with E-state index in [-0.39, 0.29) is 32.7 Å². The molecule has 0 atom stereocenters. The SMILES string of the molecule is C[NH-].[CH2-]CC.[Y]. The molecule has 0 fully saturated rings. The fraction of sp³-hybridized carbons (Fsp3) is 0.750. The van der Waals surface area contributed by atoms with Gasteiger partial charge in [0.1, 0.15) is 0 Å². The molecule has 0 aliphatic carbocycles. The second-order valence-electron chi connectivity index (χ2n) is 0.500. The molecule has 0 spiro atoms. The number of hydrogen-bond acceptors (Lipinski definition) is 0. The predicted octanol–water partition coefficient (Wildman–Crippen LogP) is 1.90. The van der Waals surface area contributed by atoms with Crippen molar-refractivity contribution in [3.8, 4) is 0 Å². The van der Waals surface area contributed by atoms with E-state index in [1.54, 1.807) is 0 Å². The zero-order valence-corrected chi connectivity index (χ0v) is 7.33. The first-order chi connectivity index (χ1) is 2.41. The monoisotopic (exact) mass is 162 g/mol. The zero-order valence-electron chi connectivity index (χ0n) is 4.49. The van der Waals surface area contributed by atoms with Gasteiger partial charge >= 0.3 is 0 Å². The molecule has 1 nitrogen and oxygen atoms in total. The fourth-order valence-electron chi connectivity index (χ4n) is 0. The summed E-state index contributed by atoms with van der Waals surface area (Å²) in [7, 11) is 1.25. The average molecular weight is 162 g/mol. The largest absolute Gasteiger partial charge is 0.680 e. The molecule has 0 aromatic heterocycles. The van der Waals surface area contributed by atoms with Crippen LogP contribution in [-0.2, 0) is 32.7 Å². The normalized spacial score (nSPS) is 4.00. The van der Waals surface area contributed by atoms with Crippen molar-refractivity contribution in [3.05, 3.63) is 12.7 Å². The van der Waals surface area contributed by atoms with Crippen molar-refractivity contribution in [1.29, 1.82) is 0 Å². The summed E-state index contributed by atoms with van der Waals surface area (Å²) in [5.41, 5.74) is 5.75. The maximum atomic E-state index is 5.75. The summed E-state index contributed by atoms with van der Waals surface area (Å²) >= 11 is 0. The van der Waals surface area contributed by atoms with Gasteiger partial charge in [0, 0.05) is 32.7 Å². The van der Waals surface area contributed by atoms with Gasteiger partial charge in [-0.25, -0.2) is 0 Å². The quantitative estimate of drug-likeness (QED) is 0.485. The first-order valence-corrected chi connectivity index (χ1v) is 1.71. The van der Waals surface area contributed by atoms with Crippen molar-refractivity contribution in [2.24, 2.45) is 0 Å². The van der Waals surface area contributed by atoms with Crippen LogP contribution in [0.5, 0.6) is 0 Å². The van der Waals surface area contributed by atoms with Crippen molar-refractivity contribution in [3.63, 3.8) is 0 Å².